The van der Waals surface area contributed by atoms with E-state index in [-0.39, 0.29) is 0 Å². The van der Waals surface area contributed by atoms with Crippen molar-refractivity contribution < 1.29 is 14.6 Å². The second-order valence-electron chi connectivity index (χ2n) is 3.84. The summed E-state index contributed by atoms with van der Waals surface area (Å²) >= 11 is 0. The van der Waals surface area contributed by atoms with Crippen molar-refractivity contribution in [2.24, 2.45) is 0 Å². The highest BCUT2D eigenvalue weighted by Gasteiger charge is 1.99. The van der Waals surface area contributed by atoms with Gasteiger partial charge in [0.15, 0.2) is 6.61 Å². The minimum Gasteiger partial charge on any atom is -0.464 e. The van der Waals surface area contributed by atoms with Crippen LogP contribution >= 0.6 is 0 Å². The van der Waals surface area contributed by atoms with Gasteiger partial charge in [0.05, 0.1) is 6.61 Å². The fourth-order valence-electron chi connectivity index (χ4n) is 1.46. The van der Waals surface area contributed by atoms with Crippen LogP contribution in [0, 0.1) is 0 Å². The number of carbonyl (C=O) groups excluding carboxylic acids is 1. The number of ether oxygens (including phenoxy) is 1. The van der Waals surface area contributed by atoms with E-state index in [2.05, 4.69) is 11.7 Å². The lowest BCUT2D eigenvalue weighted by Gasteiger charge is -2.02. The van der Waals surface area contributed by atoms with Gasteiger partial charge in [0.1, 0.15) is 0 Å². The van der Waals surface area contributed by atoms with Gasteiger partial charge in [-0.2, -0.15) is 0 Å². The highest BCUT2D eigenvalue weighted by atomic mass is 16.5. The van der Waals surface area contributed by atoms with Crippen LogP contribution in [-0.2, 0) is 14.6 Å². The van der Waals surface area contributed by atoms with Crippen molar-refractivity contribution in [2.45, 2.75) is 58.3 Å². The van der Waals surface area contributed by atoms with Gasteiger partial charge in [-0.25, -0.2) is 9.90 Å². The molecule has 0 saturated carbocycles. The second-order valence-corrected chi connectivity index (χ2v) is 3.84. The van der Waals surface area contributed by atoms with Crippen LogP contribution in [0.25, 0.3) is 0 Å². The van der Waals surface area contributed by atoms with Crippen molar-refractivity contribution in [3.8, 4) is 0 Å². The fraction of sp³-hybridized carbons (Fsp3) is 0.917. The van der Waals surface area contributed by atoms with E-state index in [1.165, 1.54) is 38.5 Å². The topological polar surface area (TPSA) is 46.2 Å². The maximum Gasteiger partial charge on any atom is 0.335 e. The van der Waals surface area contributed by atoms with Crippen molar-refractivity contribution in [3.63, 3.8) is 0 Å². The Balaban J connectivity index is 2.95. The van der Waals surface area contributed by atoms with Gasteiger partial charge < -0.3 is 4.74 Å². The smallest absolute Gasteiger partial charge is 0.335 e. The molecule has 0 unspecified atom stereocenters. The third kappa shape index (κ3) is 11.4. The Kier molecular flexibility index (Phi) is 11.1. The molecule has 3 nitrogen and oxygen atoms in total. The molecule has 0 saturated heterocycles. The molecule has 0 heterocycles. The van der Waals surface area contributed by atoms with Crippen molar-refractivity contribution in [1.82, 2.24) is 0 Å². The predicted molar refractivity (Wildman–Crippen MR) is 59.1 cm³/mol. The van der Waals surface area contributed by atoms with Crippen LogP contribution in [0.3, 0.4) is 0 Å². The van der Waals surface area contributed by atoms with E-state index < -0.39 is 12.6 Å². The van der Waals surface area contributed by atoms with Crippen LogP contribution in [0.5, 0.6) is 0 Å². The molecule has 0 bridgehead atoms. The molecule has 0 N–H and O–H groups in total. The molecule has 0 spiro atoms. The average molecular weight is 215 g/mol. The van der Waals surface area contributed by atoms with E-state index in [4.69, 9.17) is 0 Å². The van der Waals surface area contributed by atoms with Gasteiger partial charge in [0.25, 0.3) is 0 Å². The Hall–Kier alpha value is -0.570. The normalized spacial score (nSPS) is 10.3. The van der Waals surface area contributed by atoms with Crippen molar-refractivity contribution >= 4 is 5.97 Å². The van der Waals surface area contributed by atoms with Gasteiger partial charge in [-0.3, -0.25) is 0 Å². The van der Waals surface area contributed by atoms with Crippen molar-refractivity contribution in [1.29, 1.82) is 0 Å². The quantitative estimate of drug-likeness (QED) is 0.415. The molecule has 0 rings (SSSR count). The summed E-state index contributed by atoms with van der Waals surface area (Å²) in [4.78, 5) is 10.5. The zero-order valence-corrected chi connectivity index (χ0v) is 9.80. The van der Waals surface area contributed by atoms with E-state index in [1.807, 2.05) is 0 Å². The van der Waals surface area contributed by atoms with E-state index in [9.17, 15) is 9.90 Å². The third-order valence-corrected chi connectivity index (χ3v) is 2.38. The third-order valence-electron chi connectivity index (χ3n) is 2.38. The summed E-state index contributed by atoms with van der Waals surface area (Å²) in [5.41, 5.74) is 0. The molecule has 0 aromatic heterocycles. The van der Waals surface area contributed by atoms with Crippen LogP contribution in [0.15, 0.2) is 0 Å². The molecular weight excluding hydrogens is 192 g/mol. The molecule has 0 fully saturated rings. The number of rotatable bonds is 10. The Morgan fingerprint density at radius 3 is 2.00 bits per heavy atom. The summed E-state index contributed by atoms with van der Waals surface area (Å²) in [5, 5.41) is 10.0. The first-order valence-corrected chi connectivity index (χ1v) is 6.05. The van der Waals surface area contributed by atoms with Crippen LogP contribution in [0.2, 0.25) is 0 Å². The average Bonchev–Trinajstić information content (AvgIpc) is 2.26. The number of unbranched alkanes of at least 4 members (excludes halogenated alkanes) is 7. The van der Waals surface area contributed by atoms with E-state index in [0.29, 0.717) is 6.61 Å². The summed E-state index contributed by atoms with van der Waals surface area (Å²) in [6, 6.07) is 0. The predicted octanol–water partition coefficient (Wildman–Crippen LogP) is 3.10. The molecule has 0 atom stereocenters. The molecule has 0 aromatic rings. The highest BCUT2D eigenvalue weighted by molar-refractivity contribution is 5.70. The fourth-order valence-corrected chi connectivity index (χ4v) is 1.46. The minimum absolute atomic E-state index is 0.413. The SMILES string of the molecule is CCCCCCCCCCOC(=O)C[O]. The van der Waals surface area contributed by atoms with Crippen LogP contribution in [-0.4, -0.2) is 19.2 Å². The van der Waals surface area contributed by atoms with Crippen LogP contribution in [0.1, 0.15) is 58.3 Å². The zero-order valence-electron chi connectivity index (χ0n) is 9.80. The molecule has 0 aromatic carbocycles. The molecule has 0 aliphatic carbocycles. The Morgan fingerprint density at radius 1 is 0.933 bits per heavy atom. The van der Waals surface area contributed by atoms with Gasteiger partial charge in [-0.15, -0.1) is 0 Å². The Bertz CT molecular complexity index is 146. The minimum atomic E-state index is -0.753. The maximum atomic E-state index is 10.5. The number of carbonyl (C=O) groups is 1. The summed E-state index contributed by atoms with van der Waals surface area (Å²) in [7, 11) is 0. The van der Waals surface area contributed by atoms with Crippen LogP contribution in [0.4, 0.5) is 0 Å². The van der Waals surface area contributed by atoms with Gasteiger partial charge in [0, 0.05) is 0 Å². The van der Waals surface area contributed by atoms with Gasteiger partial charge in [-0.1, -0.05) is 51.9 Å². The lowest BCUT2D eigenvalue weighted by atomic mass is 10.1. The number of esters is 1. The summed E-state index contributed by atoms with van der Waals surface area (Å²) < 4.78 is 4.68. The zero-order chi connectivity index (χ0) is 11.4. The maximum absolute atomic E-state index is 10.5. The molecule has 3 heteroatoms. The lowest BCUT2D eigenvalue weighted by molar-refractivity contribution is -0.149. The largest absolute Gasteiger partial charge is 0.464 e. The molecule has 1 radical (unpaired) electrons. The van der Waals surface area contributed by atoms with Gasteiger partial charge in [-0.05, 0) is 6.42 Å². The molecule has 0 aliphatic rings. The molecule has 0 amide bonds. The lowest BCUT2D eigenvalue weighted by Crippen LogP contribution is -2.08. The second kappa shape index (κ2) is 11.5. The first-order valence-electron chi connectivity index (χ1n) is 6.05. The van der Waals surface area contributed by atoms with Crippen LogP contribution < -0.4 is 0 Å². The standard InChI is InChI=1S/C12H23O3/c1-2-3-4-5-6-7-8-9-10-15-12(14)11-13/h2-11H2,1H3. The molecule has 15 heavy (non-hydrogen) atoms. The molecule has 89 valence electrons. The Morgan fingerprint density at radius 2 is 1.47 bits per heavy atom. The van der Waals surface area contributed by atoms with E-state index in [0.717, 1.165) is 12.8 Å². The van der Waals surface area contributed by atoms with Crippen molar-refractivity contribution in [3.05, 3.63) is 0 Å². The number of hydrogen-bond donors (Lipinski definition) is 0. The van der Waals surface area contributed by atoms with Gasteiger partial charge >= 0.3 is 5.97 Å². The van der Waals surface area contributed by atoms with Crippen molar-refractivity contribution in [2.75, 3.05) is 13.2 Å². The highest BCUT2D eigenvalue weighted by Crippen LogP contribution is 2.08. The van der Waals surface area contributed by atoms with E-state index >= 15 is 0 Å². The van der Waals surface area contributed by atoms with Gasteiger partial charge in [0.2, 0.25) is 0 Å². The summed E-state index contributed by atoms with van der Waals surface area (Å²) in [5.74, 6) is -0.627. The van der Waals surface area contributed by atoms with E-state index in [1.54, 1.807) is 0 Å². The summed E-state index contributed by atoms with van der Waals surface area (Å²) in [6.07, 6.45) is 9.73. The Labute approximate surface area is 92.8 Å². The summed E-state index contributed by atoms with van der Waals surface area (Å²) in [6.45, 7) is 1.87. The first kappa shape index (κ1) is 14.4. The number of hydrogen-bond acceptors (Lipinski definition) is 2. The first-order chi connectivity index (χ1) is 7.31. The molecular formula is C12H23O3. The monoisotopic (exact) mass is 215 g/mol. The molecule has 0 aliphatic heterocycles.